The summed E-state index contributed by atoms with van der Waals surface area (Å²) in [5.74, 6) is 0.119. The Balaban J connectivity index is 1.95. The van der Waals surface area contributed by atoms with E-state index >= 15 is 0 Å². The third-order valence-electron chi connectivity index (χ3n) is 4.41. The number of carbonyl (C=O) groups is 1. The number of hydrogen-bond donors (Lipinski definition) is 2. The van der Waals surface area contributed by atoms with E-state index in [9.17, 15) is 9.18 Å². The van der Waals surface area contributed by atoms with Gasteiger partial charge in [-0.3, -0.25) is 4.99 Å². The molecule has 2 amide bonds. The van der Waals surface area contributed by atoms with Crippen molar-refractivity contribution < 1.29 is 18.7 Å². The number of urea groups is 1. The third-order valence-corrected chi connectivity index (χ3v) is 5.59. The predicted molar refractivity (Wildman–Crippen MR) is 130 cm³/mol. The molecule has 0 spiro atoms. The summed E-state index contributed by atoms with van der Waals surface area (Å²) >= 11 is 7.43. The average Bonchev–Trinajstić information content (AvgIpc) is 2.80. The maximum absolute atomic E-state index is 13.8. The highest BCUT2D eigenvalue weighted by atomic mass is 35.5. The summed E-state index contributed by atoms with van der Waals surface area (Å²) in [4.78, 5) is 25.2. The van der Waals surface area contributed by atoms with Gasteiger partial charge in [-0.15, -0.1) is 0 Å². The van der Waals surface area contributed by atoms with Crippen LogP contribution >= 0.6 is 23.4 Å². The maximum atomic E-state index is 13.8. The largest absolute Gasteiger partial charge is 0.496 e. The quantitative estimate of drug-likeness (QED) is 0.260. The van der Waals surface area contributed by atoms with Gasteiger partial charge in [-0.2, -0.15) is 0 Å². The van der Waals surface area contributed by atoms with E-state index in [1.807, 2.05) is 6.92 Å². The van der Waals surface area contributed by atoms with Crippen LogP contribution in [0.25, 0.3) is 11.1 Å². The highest BCUT2D eigenvalue weighted by Crippen LogP contribution is 2.37. The molecule has 0 aliphatic heterocycles. The molecule has 3 rings (SSSR count). The van der Waals surface area contributed by atoms with Gasteiger partial charge in [0, 0.05) is 24.2 Å². The monoisotopic (exact) mass is 489 g/mol. The number of carbonyl (C=O) groups excluding carboxylic acids is 1. The van der Waals surface area contributed by atoms with E-state index in [1.165, 1.54) is 56.6 Å². The minimum Gasteiger partial charge on any atom is -0.496 e. The van der Waals surface area contributed by atoms with Gasteiger partial charge in [-0.1, -0.05) is 23.4 Å². The highest BCUT2D eigenvalue weighted by Gasteiger charge is 2.16. The van der Waals surface area contributed by atoms with Crippen LogP contribution in [0.4, 0.5) is 20.6 Å². The van der Waals surface area contributed by atoms with Crippen LogP contribution in [0.1, 0.15) is 6.92 Å². The molecule has 2 N–H and O–H groups in total. The summed E-state index contributed by atoms with van der Waals surface area (Å²) in [7, 11) is 4.58. The number of aromatic nitrogens is 2. The first-order valence-electron chi connectivity index (χ1n) is 9.57. The number of aliphatic imine (C=N–C) groups is 1. The molecule has 1 aromatic carbocycles. The molecule has 0 atom stereocenters. The van der Waals surface area contributed by atoms with Gasteiger partial charge in [0.2, 0.25) is 5.88 Å². The second-order valence-corrected chi connectivity index (χ2v) is 8.17. The van der Waals surface area contributed by atoms with E-state index in [1.54, 1.807) is 19.2 Å². The number of pyridine rings is 2. The number of anilines is 2. The van der Waals surface area contributed by atoms with Crippen LogP contribution in [0.15, 0.2) is 52.7 Å². The molecule has 0 unspecified atom stereocenters. The molecule has 2 heterocycles. The molecular weight excluding hydrogens is 469 g/mol. The van der Waals surface area contributed by atoms with E-state index in [2.05, 4.69) is 25.6 Å². The molecule has 172 valence electrons. The summed E-state index contributed by atoms with van der Waals surface area (Å²) in [6, 6.07) is 6.91. The molecular formula is C22H21ClFN5O3S. The Kier molecular flexibility index (Phi) is 8.07. The van der Waals surface area contributed by atoms with Crippen molar-refractivity contribution in [3.8, 4) is 22.8 Å². The number of ether oxygens (including phenoxy) is 2. The van der Waals surface area contributed by atoms with Crippen molar-refractivity contribution in [1.29, 1.82) is 0 Å². The lowest BCUT2D eigenvalue weighted by atomic mass is 10.0. The predicted octanol–water partition coefficient (Wildman–Crippen LogP) is 5.74. The fourth-order valence-electron chi connectivity index (χ4n) is 2.83. The summed E-state index contributed by atoms with van der Waals surface area (Å²) in [6.07, 6.45) is 2.93. The molecule has 0 saturated heterocycles. The summed E-state index contributed by atoms with van der Waals surface area (Å²) in [5.41, 5.74) is 1.93. The van der Waals surface area contributed by atoms with E-state index in [4.69, 9.17) is 21.1 Å². The first kappa shape index (κ1) is 24.3. The van der Waals surface area contributed by atoms with Crippen molar-refractivity contribution in [2.75, 3.05) is 31.9 Å². The standard InChI is InChI=1S/C22H21ClFN5O3S/c1-12(25-2)33-20-9-16(15-6-5-13(24)7-19(15)31-3)18(11-26-20)29-22(30)28-14-8-17(23)21(32-4)27-10-14/h5-11H,1-4H3,(H2,28,29,30). The molecule has 0 bridgehead atoms. The topological polar surface area (TPSA) is 97.7 Å². The van der Waals surface area contributed by atoms with E-state index in [0.29, 0.717) is 33.3 Å². The molecule has 8 nitrogen and oxygen atoms in total. The van der Waals surface area contributed by atoms with Gasteiger partial charge in [0.15, 0.2) is 0 Å². The Morgan fingerprint density at radius 3 is 2.55 bits per heavy atom. The van der Waals surface area contributed by atoms with E-state index in [0.717, 1.165) is 5.04 Å². The van der Waals surface area contributed by atoms with Gasteiger partial charge in [0.25, 0.3) is 0 Å². The molecule has 33 heavy (non-hydrogen) atoms. The Labute approximate surface area is 199 Å². The van der Waals surface area contributed by atoms with Crippen LogP contribution in [0.2, 0.25) is 5.02 Å². The number of halogens is 2. The molecule has 0 aliphatic rings. The van der Waals surface area contributed by atoms with Gasteiger partial charge in [0.05, 0.1) is 43.0 Å². The van der Waals surface area contributed by atoms with Crippen molar-refractivity contribution in [3.05, 3.63) is 53.6 Å². The van der Waals surface area contributed by atoms with E-state index in [-0.39, 0.29) is 10.9 Å². The molecule has 0 radical (unpaired) electrons. The lowest BCUT2D eigenvalue weighted by molar-refractivity contribution is 0.262. The van der Waals surface area contributed by atoms with Crippen LogP contribution in [-0.2, 0) is 0 Å². The van der Waals surface area contributed by atoms with Gasteiger partial charge in [-0.25, -0.2) is 19.2 Å². The smallest absolute Gasteiger partial charge is 0.323 e. The minimum absolute atomic E-state index is 0.247. The zero-order valence-corrected chi connectivity index (χ0v) is 19.8. The number of methoxy groups -OCH3 is 2. The third kappa shape index (κ3) is 6.11. The van der Waals surface area contributed by atoms with Crippen LogP contribution in [-0.4, -0.2) is 42.3 Å². The number of nitrogens with one attached hydrogen (secondary N) is 2. The Morgan fingerprint density at radius 2 is 1.88 bits per heavy atom. The lowest BCUT2D eigenvalue weighted by Crippen LogP contribution is -2.20. The average molecular weight is 490 g/mol. The fraction of sp³-hybridized carbons (Fsp3) is 0.182. The first-order chi connectivity index (χ1) is 15.8. The number of benzene rings is 1. The number of hydrogen-bond acceptors (Lipinski definition) is 7. The van der Waals surface area contributed by atoms with Crippen LogP contribution in [0.3, 0.4) is 0 Å². The van der Waals surface area contributed by atoms with Crippen LogP contribution in [0, 0.1) is 5.82 Å². The summed E-state index contributed by atoms with van der Waals surface area (Å²) in [5, 5.41) is 7.13. The number of rotatable bonds is 6. The van der Waals surface area contributed by atoms with Crippen molar-refractivity contribution in [1.82, 2.24) is 9.97 Å². The normalized spacial score (nSPS) is 11.2. The highest BCUT2D eigenvalue weighted by molar-refractivity contribution is 8.13. The van der Waals surface area contributed by atoms with Crippen LogP contribution in [0.5, 0.6) is 11.6 Å². The lowest BCUT2D eigenvalue weighted by Gasteiger charge is -2.15. The minimum atomic E-state index is -0.547. The Bertz CT molecular complexity index is 1210. The first-order valence-corrected chi connectivity index (χ1v) is 10.8. The van der Waals surface area contributed by atoms with Gasteiger partial charge >= 0.3 is 6.03 Å². The van der Waals surface area contributed by atoms with Crippen molar-refractivity contribution in [2.24, 2.45) is 4.99 Å². The zero-order chi connectivity index (χ0) is 24.0. The van der Waals surface area contributed by atoms with Gasteiger partial charge < -0.3 is 20.1 Å². The Morgan fingerprint density at radius 1 is 1.09 bits per heavy atom. The van der Waals surface area contributed by atoms with Crippen molar-refractivity contribution in [2.45, 2.75) is 11.9 Å². The number of nitrogens with zero attached hydrogens (tertiary/aromatic N) is 3. The van der Waals surface area contributed by atoms with Gasteiger partial charge in [0.1, 0.15) is 21.6 Å². The number of thioether (sulfide) groups is 1. The molecule has 2 aromatic heterocycles. The SMILES string of the molecule is CN=C(C)Sc1cc(-c2ccc(F)cc2OC)c(NC(=O)Nc2cnc(OC)c(Cl)c2)cn1. The molecule has 0 fully saturated rings. The molecule has 0 saturated carbocycles. The molecule has 11 heteroatoms. The maximum Gasteiger partial charge on any atom is 0.323 e. The Hall–Kier alpha value is -3.37. The molecule has 3 aromatic rings. The van der Waals surface area contributed by atoms with Crippen LogP contribution < -0.4 is 20.1 Å². The zero-order valence-electron chi connectivity index (χ0n) is 18.3. The van der Waals surface area contributed by atoms with Gasteiger partial charge in [-0.05, 0) is 31.2 Å². The molecule has 0 aliphatic carbocycles. The fourth-order valence-corrected chi connectivity index (χ4v) is 3.75. The van der Waals surface area contributed by atoms with Crippen molar-refractivity contribution in [3.63, 3.8) is 0 Å². The van der Waals surface area contributed by atoms with Crippen molar-refractivity contribution >= 4 is 45.8 Å². The number of amides is 2. The second-order valence-electron chi connectivity index (χ2n) is 6.55. The summed E-state index contributed by atoms with van der Waals surface area (Å²) < 4.78 is 24.1. The summed E-state index contributed by atoms with van der Waals surface area (Å²) in [6.45, 7) is 1.86. The van der Waals surface area contributed by atoms with E-state index < -0.39 is 11.8 Å². The second kappa shape index (κ2) is 11.0.